The van der Waals surface area contributed by atoms with Crippen molar-refractivity contribution in [2.24, 2.45) is 0 Å². The number of nitrogens with zero attached hydrogens (tertiary/aromatic N) is 1. The lowest BCUT2D eigenvalue weighted by Gasteiger charge is -2.10. The Morgan fingerprint density at radius 1 is 1.33 bits per heavy atom. The number of aromatic nitrogens is 1. The number of ether oxygens (including phenoxy) is 1. The van der Waals surface area contributed by atoms with Crippen LogP contribution in [0.3, 0.4) is 0 Å². The number of halogens is 1. The molecule has 2 aromatic rings. The highest BCUT2D eigenvalue weighted by molar-refractivity contribution is 5.89. The summed E-state index contributed by atoms with van der Waals surface area (Å²) in [6.45, 7) is 1.04. The van der Waals surface area contributed by atoms with Gasteiger partial charge in [0.05, 0.1) is 5.69 Å². The summed E-state index contributed by atoms with van der Waals surface area (Å²) < 4.78 is 20.5. The predicted molar refractivity (Wildman–Crippen MR) is 79.2 cm³/mol. The average molecular weight is 291 g/mol. The van der Waals surface area contributed by atoms with Crippen LogP contribution in [0.25, 0.3) is 5.69 Å². The lowest BCUT2D eigenvalue weighted by molar-refractivity contribution is 0.194. The van der Waals surface area contributed by atoms with Crippen LogP contribution in [0, 0.1) is 5.82 Å². The summed E-state index contributed by atoms with van der Waals surface area (Å²) in [5.41, 5.74) is 0.918. The number of rotatable bonds is 6. The normalized spacial score (nSPS) is 10.4. The average Bonchev–Trinajstić information content (AvgIpc) is 3.00. The number of hydrogen-bond acceptors (Lipinski definition) is 2. The number of benzene rings is 1. The number of carbonyl (C=O) groups excluding carboxylic acids is 1. The lowest BCUT2D eigenvalue weighted by Crippen LogP contribution is -2.30. The molecule has 1 aromatic carbocycles. The maximum absolute atomic E-state index is 13.7. The van der Waals surface area contributed by atoms with E-state index in [9.17, 15) is 9.18 Å². The lowest BCUT2D eigenvalue weighted by atomic mass is 10.2. The first-order chi connectivity index (χ1) is 10.2. The van der Waals surface area contributed by atoms with Crippen molar-refractivity contribution in [1.29, 1.82) is 0 Å². The van der Waals surface area contributed by atoms with Crippen LogP contribution in [0.1, 0.15) is 6.42 Å². The van der Waals surface area contributed by atoms with Crippen molar-refractivity contribution in [3.63, 3.8) is 0 Å². The molecule has 6 heteroatoms. The van der Waals surface area contributed by atoms with Gasteiger partial charge in [-0.3, -0.25) is 0 Å². The van der Waals surface area contributed by atoms with Gasteiger partial charge < -0.3 is 19.9 Å². The minimum atomic E-state index is -0.474. The molecule has 0 atom stereocenters. The summed E-state index contributed by atoms with van der Waals surface area (Å²) in [5, 5.41) is 5.15. The third-order valence-corrected chi connectivity index (χ3v) is 2.91. The second-order valence-electron chi connectivity index (χ2n) is 4.48. The maximum Gasteiger partial charge on any atom is 0.319 e. The van der Waals surface area contributed by atoms with Crippen LogP contribution in [0.5, 0.6) is 0 Å². The summed E-state index contributed by atoms with van der Waals surface area (Å²) in [7, 11) is 1.60. The van der Waals surface area contributed by atoms with Crippen molar-refractivity contribution in [3.05, 3.63) is 48.5 Å². The summed E-state index contributed by atoms with van der Waals surface area (Å²) in [6.07, 6.45) is 4.40. The molecule has 0 unspecified atom stereocenters. The number of hydrogen-bond donors (Lipinski definition) is 2. The Kier molecular flexibility index (Phi) is 5.34. The van der Waals surface area contributed by atoms with Crippen molar-refractivity contribution < 1.29 is 13.9 Å². The van der Waals surface area contributed by atoms with Crippen molar-refractivity contribution in [2.75, 3.05) is 25.6 Å². The van der Waals surface area contributed by atoms with E-state index in [0.29, 0.717) is 19.6 Å². The topological polar surface area (TPSA) is 55.3 Å². The molecule has 1 aromatic heterocycles. The number of methoxy groups -OCH3 is 1. The van der Waals surface area contributed by atoms with E-state index in [2.05, 4.69) is 10.6 Å². The quantitative estimate of drug-likeness (QED) is 0.804. The molecule has 0 spiro atoms. The summed E-state index contributed by atoms with van der Waals surface area (Å²) in [6, 6.07) is 7.88. The molecule has 1 heterocycles. The number of urea groups is 1. The first-order valence-electron chi connectivity index (χ1n) is 6.67. The van der Waals surface area contributed by atoms with Crippen molar-refractivity contribution in [1.82, 2.24) is 9.88 Å². The molecule has 5 nitrogen and oxygen atoms in total. The molecule has 0 bridgehead atoms. The molecule has 0 fully saturated rings. The molecule has 21 heavy (non-hydrogen) atoms. The zero-order valence-electron chi connectivity index (χ0n) is 11.8. The third kappa shape index (κ3) is 4.32. The first-order valence-corrected chi connectivity index (χ1v) is 6.67. The molecular weight excluding hydrogens is 273 g/mol. The van der Waals surface area contributed by atoms with E-state index in [1.54, 1.807) is 19.2 Å². The fourth-order valence-electron chi connectivity index (χ4n) is 1.86. The van der Waals surface area contributed by atoms with Gasteiger partial charge in [0.25, 0.3) is 0 Å². The monoisotopic (exact) mass is 291 g/mol. The van der Waals surface area contributed by atoms with E-state index in [4.69, 9.17) is 4.74 Å². The van der Waals surface area contributed by atoms with Gasteiger partial charge in [-0.25, -0.2) is 9.18 Å². The highest BCUT2D eigenvalue weighted by Crippen LogP contribution is 2.19. The Balaban J connectivity index is 1.99. The smallest absolute Gasteiger partial charge is 0.319 e. The Bertz CT molecular complexity index is 585. The summed E-state index contributed by atoms with van der Waals surface area (Å²) in [5.74, 6) is -0.474. The van der Waals surface area contributed by atoms with Gasteiger partial charge in [0.1, 0.15) is 5.82 Å². The zero-order chi connectivity index (χ0) is 15.1. The van der Waals surface area contributed by atoms with Crippen molar-refractivity contribution in [3.8, 4) is 5.69 Å². The Labute approximate surface area is 122 Å². The third-order valence-electron chi connectivity index (χ3n) is 2.91. The second-order valence-corrected chi connectivity index (χ2v) is 4.48. The van der Waals surface area contributed by atoms with Crippen LogP contribution in [0.2, 0.25) is 0 Å². The van der Waals surface area contributed by atoms with Gasteiger partial charge in [-0.1, -0.05) is 0 Å². The van der Waals surface area contributed by atoms with Gasteiger partial charge in [0.2, 0.25) is 0 Å². The highest BCUT2D eigenvalue weighted by Gasteiger charge is 2.08. The van der Waals surface area contributed by atoms with E-state index in [-0.39, 0.29) is 5.69 Å². The van der Waals surface area contributed by atoms with E-state index in [1.807, 2.05) is 29.1 Å². The molecule has 0 aliphatic rings. The zero-order valence-corrected chi connectivity index (χ0v) is 11.8. The first kappa shape index (κ1) is 15.1. The predicted octanol–water partition coefficient (Wildman–Crippen LogP) is 2.77. The molecule has 2 amide bonds. The minimum Gasteiger partial charge on any atom is -0.385 e. The molecule has 2 rings (SSSR count). The van der Waals surface area contributed by atoms with E-state index in [0.717, 1.165) is 5.69 Å². The molecule has 2 N–H and O–H groups in total. The van der Waals surface area contributed by atoms with Crippen molar-refractivity contribution >= 4 is 11.7 Å². The summed E-state index contributed by atoms with van der Waals surface area (Å²) >= 11 is 0. The number of nitrogens with one attached hydrogen (secondary N) is 2. The van der Waals surface area contributed by atoms with Gasteiger partial charge in [-0.05, 0) is 36.8 Å². The van der Waals surface area contributed by atoms with Crippen LogP contribution in [0.15, 0.2) is 42.7 Å². The van der Waals surface area contributed by atoms with E-state index < -0.39 is 11.8 Å². The van der Waals surface area contributed by atoms with Gasteiger partial charge in [-0.15, -0.1) is 0 Å². The van der Waals surface area contributed by atoms with Crippen LogP contribution in [-0.4, -0.2) is 30.9 Å². The Hall–Kier alpha value is -2.34. The number of carbonyl (C=O) groups is 1. The van der Waals surface area contributed by atoms with E-state index >= 15 is 0 Å². The Morgan fingerprint density at radius 2 is 2.10 bits per heavy atom. The highest BCUT2D eigenvalue weighted by atomic mass is 19.1. The van der Waals surface area contributed by atoms with Crippen LogP contribution >= 0.6 is 0 Å². The fraction of sp³-hybridized carbons (Fsp3) is 0.267. The van der Waals surface area contributed by atoms with Gasteiger partial charge in [-0.2, -0.15) is 0 Å². The maximum atomic E-state index is 13.7. The SMILES string of the molecule is COCCCNC(=O)Nc1cc(-n2cccc2)ccc1F. The largest absolute Gasteiger partial charge is 0.385 e. The molecular formula is C15H18FN3O2. The van der Waals surface area contributed by atoms with Gasteiger partial charge in [0.15, 0.2) is 0 Å². The number of anilines is 1. The molecule has 0 saturated carbocycles. The van der Waals surface area contributed by atoms with Gasteiger partial charge in [0, 0.05) is 38.3 Å². The van der Waals surface area contributed by atoms with Crippen LogP contribution in [0.4, 0.5) is 14.9 Å². The standard InChI is InChI=1S/C15H18FN3O2/c1-21-10-4-7-17-15(20)18-14-11-12(5-6-13(14)16)19-8-2-3-9-19/h2-3,5-6,8-9,11H,4,7,10H2,1H3,(H2,17,18,20). The van der Waals surface area contributed by atoms with Gasteiger partial charge >= 0.3 is 6.03 Å². The summed E-state index contributed by atoms with van der Waals surface area (Å²) in [4.78, 5) is 11.7. The molecule has 112 valence electrons. The van der Waals surface area contributed by atoms with Crippen LogP contribution < -0.4 is 10.6 Å². The minimum absolute atomic E-state index is 0.144. The molecule has 0 radical (unpaired) electrons. The molecule has 0 aliphatic carbocycles. The van der Waals surface area contributed by atoms with E-state index in [1.165, 1.54) is 6.07 Å². The van der Waals surface area contributed by atoms with Crippen molar-refractivity contribution in [2.45, 2.75) is 6.42 Å². The number of amides is 2. The second kappa shape index (κ2) is 7.44. The van der Waals surface area contributed by atoms with Crippen LogP contribution in [-0.2, 0) is 4.74 Å². The fourth-order valence-corrected chi connectivity index (χ4v) is 1.86. The Morgan fingerprint density at radius 3 is 2.81 bits per heavy atom. The molecule has 0 saturated heterocycles. The molecule has 0 aliphatic heterocycles.